The Hall–Kier alpha value is -1.63. The number of aryl methyl sites for hydroxylation is 1. The normalized spacial score (nSPS) is 10.4. The Labute approximate surface area is 143 Å². The third kappa shape index (κ3) is 4.19. The Bertz CT molecular complexity index is 688. The number of hydrogen-bond donors (Lipinski definition) is 1. The van der Waals surface area contributed by atoms with Gasteiger partial charge < -0.3 is 10.1 Å². The molecule has 0 aliphatic heterocycles. The number of carbonyl (C=O) groups excluding carboxylic acids is 1. The SMILES string of the molecule is COc1ccc(C)cc1CCNC(=O)c1ccc(F)cc1I. The lowest BCUT2D eigenvalue weighted by Gasteiger charge is -2.11. The van der Waals surface area contributed by atoms with E-state index in [1.807, 2.05) is 47.7 Å². The van der Waals surface area contributed by atoms with Gasteiger partial charge in [0, 0.05) is 10.1 Å². The highest BCUT2D eigenvalue weighted by Gasteiger charge is 2.11. The van der Waals surface area contributed by atoms with Crippen LogP contribution >= 0.6 is 22.6 Å². The number of methoxy groups -OCH3 is 1. The first-order valence-corrected chi connectivity index (χ1v) is 7.96. The van der Waals surface area contributed by atoms with E-state index in [0.717, 1.165) is 16.9 Å². The molecule has 0 spiro atoms. The van der Waals surface area contributed by atoms with E-state index in [0.29, 0.717) is 22.1 Å². The Morgan fingerprint density at radius 2 is 2.05 bits per heavy atom. The number of hydrogen-bond acceptors (Lipinski definition) is 2. The van der Waals surface area contributed by atoms with Gasteiger partial charge in [-0.3, -0.25) is 4.79 Å². The van der Waals surface area contributed by atoms with Crippen molar-refractivity contribution >= 4 is 28.5 Å². The molecule has 0 heterocycles. The van der Waals surface area contributed by atoms with Crippen LogP contribution in [0.5, 0.6) is 5.75 Å². The number of nitrogens with one attached hydrogen (secondary N) is 1. The van der Waals surface area contributed by atoms with E-state index in [2.05, 4.69) is 5.32 Å². The monoisotopic (exact) mass is 413 g/mol. The largest absolute Gasteiger partial charge is 0.496 e. The van der Waals surface area contributed by atoms with Crippen LogP contribution in [0.1, 0.15) is 21.5 Å². The van der Waals surface area contributed by atoms with E-state index in [1.54, 1.807) is 7.11 Å². The van der Waals surface area contributed by atoms with Crippen LogP contribution in [0.4, 0.5) is 4.39 Å². The Morgan fingerprint density at radius 1 is 1.27 bits per heavy atom. The number of ether oxygens (including phenoxy) is 1. The summed E-state index contributed by atoms with van der Waals surface area (Å²) >= 11 is 1.96. The minimum absolute atomic E-state index is 0.198. The van der Waals surface area contributed by atoms with E-state index in [4.69, 9.17) is 4.74 Å². The lowest BCUT2D eigenvalue weighted by atomic mass is 10.1. The second-order valence-electron chi connectivity index (χ2n) is 4.95. The summed E-state index contributed by atoms with van der Waals surface area (Å²) in [4.78, 5) is 12.1. The maximum Gasteiger partial charge on any atom is 0.252 e. The molecule has 2 aromatic carbocycles. The summed E-state index contributed by atoms with van der Waals surface area (Å²) in [5, 5.41) is 2.86. The topological polar surface area (TPSA) is 38.3 Å². The second kappa shape index (κ2) is 7.58. The van der Waals surface area contributed by atoms with Crippen LogP contribution in [0, 0.1) is 16.3 Å². The molecule has 0 atom stereocenters. The summed E-state index contributed by atoms with van der Waals surface area (Å²) in [7, 11) is 1.63. The smallest absolute Gasteiger partial charge is 0.252 e. The molecule has 0 aliphatic carbocycles. The highest BCUT2D eigenvalue weighted by Crippen LogP contribution is 2.20. The molecular weight excluding hydrogens is 396 g/mol. The van der Waals surface area contributed by atoms with E-state index in [9.17, 15) is 9.18 Å². The van der Waals surface area contributed by atoms with Crippen LogP contribution in [0.25, 0.3) is 0 Å². The third-order valence-electron chi connectivity index (χ3n) is 3.29. The molecule has 2 aromatic rings. The van der Waals surface area contributed by atoms with Gasteiger partial charge in [0.2, 0.25) is 0 Å². The molecule has 1 N–H and O–H groups in total. The zero-order valence-electron chi connectivity index (χ0n) is 12.5. The van der Waals surface area contributed by atoms with Crippen molar-refractivity contribution in [3.8, 4) is 5.75 Å². The first kappa shape index (κ1) is 16.7. The van der Waals surface area contributed by atoms with Crippen molar-refractivity contribution in [3.05, 3.63) is 62.5 Å². The lowest BCUT2D eigenvalue weighted by Crippen LogP contribution is -2.26. The predicted molar refractivity (Wildman–Crippen MR) is 92.9 cm³/mol. The first-order valence-electron chi connectivity index (χ1n) is 6.88. The lowest BCUT2D eigenvalue weighted by molar-refractivity contribution is 0.0953. The standard InChI is InChI=1S/C17H17FINO2/c1-11-3-6-16(22-2)12(9-11)7-8-20-17(21)14-5-4-13(18)10-15(14)19/h3-6,9-10H,7-8H2,1-2H3,(H,20,21). The van der Waals surface area contributed by atoms with Crippen molar-refractivity contribution in [2.24, 2.45) is 0 Å². The van der Waals surface area contributed by atoms with Crippen molar-refractivity contribution in [1.29, 1.82) is 0 Å². The summed E-state index contributed by atoms with van der Waals surface area (Å²) in [5.74, 6) is 0.276. The molecule has 0 fully saturated rings. The molecule has 116 valence electrons. The average molecular weight is 413 g/mol. The molecule has 0 saturated carbocycles. The first-order chi connectivity index (χ1) is 10.5. The van der Waals surface area contributed by atoms with Gasteiger partial charge in [-0.05, 0) is 65.8 Å². The predicted octanol–water partition coefficient (Wildman–Crippen LogP) is 3.72. The number of benzene rings is 2. The van der Waals surface area contributed by atoms with E-state index in [-0.39, 0.29) is 11.7 Å². The van der Waals surface area contributed by atoms with Gasteiger partial charge in [-0.1, -0.05) is 17.7 Å². The number of rotatable bonds is 5. The number of carbonyl (C=O) groups is 1. The Morgan fingerprint density at radius 3 is 2.73 bits per heavy atom. The fraction of sp³-hybridized carbons (Fsp3) is 0.235. The molecular formula is C17H17FINO2. The summed E-state index contributed by atoms with van der Waals surface area (Å²) < 4.78 is 19.0. The van der Waals surface area contributed by atoms with Crippen molar-refractivity contribution < 1.29 is 13.9 Å². The van der Waals surface area contributed by atoms with Gasteiger partial charge in [0.1, 0.15) is 11.6 Å². The van der Waals surface area contributed by atoms with Crippen LogP contribution in [-0.2, 0) is 6.42 Å². The Kier molecular flexibility index (Phi) is 5.76. The van der Waals surface area contributed by atoms with E-state index < -0.39 is 0 Å². The third-order valence-corrected chi connectivity index (χ3v) is 4.18. The molecule has 0 aliphatic rings. The van der Waals surface area contributed by atoms with Gasteiger partial charge in [0.25, 0.3) is 5.91 Å². The van der Waals surface area contributed by atoms with Crippen LogP contribution in [0.3, 0.4) is 0 Å². The van der Waals surface area contributed by atoms with E-state index in [1.165, 1.54) is 18.2 Å². The Balaban J connectivity index is 1.99. The fourth-order valence-corrected chi connectivity index (χ4v) is 2.90. The maximum absolute atomic E-state index is 13.1. The van der Waals surface area contributed by atoms with Crippen molar-refractivity contribution in [2.45, 2.75) is 13.3 Å². The van der Waals surface area contributed by atoms with Crippen LogP contribution in [-0.4, -0.2) is 19.6 Å². The van der Waals surface area contributed by atoms with Crippen LogP contribution in [0.15, 0.2) is 36.4 Å². The summed E-state index contributed by atoms with van der Waals surface area (Å²) in [6.45, 7) is 2.51. The van der Waals surface area contributed by atoms with Gasteiger partial charge in [-0.15, -0.1) is 0 Å². The minimum atomic E-state index is -0.342. The molecule has 0 bridgehead atoms. The van der Waals surface area contributed by atoms with Gasteiger partial charge in [-0.25, -0.2) is 4.39 Å². The highest BCUT2D eigenvalue weighted by molar-refractivity contribution is 14.1. The molecule has 3 nitrogen and oxygen atoms in total. The summed E-state index contributed by atoms with van der Waals surface area (Å²) in [6.07, 6.45) is 0.675. The van der Waals surface area contributed by atoms with Gasteiger partial charge in [0.05, 0.1) is 12.7 Å². The van der Waals surface area contributed by atoms with Crippen molar-refractivity contribution in [1.82, 2.24) is 5.32 Å². The van der Waals surface area contributed by atoms with Crippen LogP contribution < -0.4 is 10.1 Å². The maximum atomic E-state index is 13.1. The van der Waals surface area contributed by atoms with Gasteiger partial charge in [-0.2, -0.15) is 0 Å². The van der Waals surface area contributed by atoms with Crippen molar-refractivity contribution in [2.75, 3.05) is 13.7 Å². The minimum Gasteiger partial charge on any atom is -0.496 e. The molecule has 0 unspecified atom stereocenters. The quantitative estimate of drug-likeness (QED) is 0.760. The van der Waals surface area contributed by atoms with Gasteiger partial charge >= 0.3 is 0 Å². The molecule has 0 saturated heterocycles. The zero-order valence-corrected chi connectivity index (χ0v) is 14.6. The average Bonchev–Trinajstić information content (AvgIpc) is 2.47. The molecule has 0 radical (unpaired) electrons. The second-order valence-corrected chi connectivity index (χ2v) is 6.11. The van der Waals surface area contributed by atoms with E-state index >= 15 is 0 Å². The van der Waals surface area contributed by atoms with Crippen LogP contribution in [0.2, 0.25) is 0 Å². The zero-order chi connectivity index (χ0) is 16.1. The van der Waals surface area contributed by atoms with Gasteiger partial charge in [0.15, 0.2) is 0 Å². The fourth-order valence-electron chi connectivity index (χ4n) is 2.18. The highest BCUT2D eigenvalue weighted by atomic mass is 127. The molecule has 0 aromatic heterocycles. The summed E-state index contributed by atoms with van der Waals surface area (Å²) in [5.41, 5.74) is 2.69. The molecule has 1 amide bonds. The summed E-state index contributed by atoms with van der Waals surface area (Å²) in [6, 6.07) is 10.1. The molecule has 2 rings (SSSR count). The molecule has 5 heteroatoms. The number of halogens is 2. The molecule has 22 heavy (non-hydrogen) atoms. The number of amides is 1. The van der Waals surface area contributed by atoms with Crippen molar-refractivity contribution in [3.63, 3.8) is 0 Å².